The highest BCUT2D eigenvalue weighted by Crippen LogP contribution is 2.30. The molecule has 0 bridgehead atoms. The Balaban J connectivity index is 2.37. The molecule has 3 N–H and O–H groups in total. The zero-order valence-electron chi connectivity index (χ0n) is 10.2. The Labute approximate surface area is 113 Å². The molecule has 18 heavy (non-hydrogen) atoms. The van der Waals surface area contributed by atoms with E-state index >= 15 is 0 Å². The Morgan fingerprint density at radius 1 is 1.50 bits per heavy atom. The highest BCUT2D eigenvalue weighted by molar-refractivity contribution is 9.10. The van der Waals surface area contributed by atoms with Crippen LogP contribution in [-0.2, 0) is 13.5 Å². The van der Waals surface area contributed by atoms with Crippen molar-refractivity contribution in [1.29, 1.82) is 0 Å². The van der Waals surface area contributed by atoms with Crippen LogP contribution in [0.4, 0.5) is 21.6 Å². The summed E-state index contributed by atoms with van der Waals surface area (Å²) >= 11 is 3.30. The summed E-state index contributed by atoms with van der Waals surface area (Å²) in [5.41, 5.74) is 8.22. The van der Waals surface area contributed by atoms with E-state index in [1.54, 1.807) is 10.7 Å². The molecule has 96 valence electrons. The van der Waals surface area contributed by atoms with Crippen molar-refractivity contribution in [2.45, 2.75) is 13.3 Å². The molecule has 0 amide bonds. The summed E-state index contributed by atoms with van der Waals surface area (Å²) in [4.78, 5) is 0. The van der Waals surface area contributed by atoms with Crippen LogP contribution >= 0.6 is 15.9 Å². The number of halogens is 2. The van der Waals surface area contributed by atoms with E-state index in [1.165, 1.54) is 12.1 Å². The molecule has 1 aromatic heterocycles. The van der Waals surface area contributed by atoms with Gasteiger partial charge in [0.05, 0.1) is 17.1 Å². The Kier molecular flexibility index (Phi) is 3.56. The third-order valence-corrected chi connectivity index (χ3v) is 3.34. The molecule has 0 unspecified atom stereocenters. The van der Waals surface area contributed by atoms with Crippen molar-refractivity contribution in [2.75, 3.05) is 11.1 Å². The number of nitrogens with two attached hydrogens (primary N) is 1. The van der Waals surface area contributed by atoms with Crippen molar-refractivity contribution in [1.82, 2.24) is 9.78 Å². The molecule has 0 atom stereocenters. The molecule has 0 saturated heterocycles. The van der Waals surface area contributed by atoms with Gasteiger partial charge >= 0.3 is 0 Å². The first-order chi connectivity index (χ1) is 8.52. The van der Waals surface area contributed by atoms with Gasteiger partial charge < -0.3 is 11.1 Å². The van der Waals surface area contributed by atoms with Gasteiger partial charge in [0, 0.05) is 11.5 Å². The lowest BCUT2D eigenvalue weighted by Crippen LogP contribution is -2.02. The van der Waals surface area contributed by atoms with Crippen molar-refractivity contribution in [2.24, 2.45) is 7.05 Å². The van der Waals surface area contributed by atoms with Crippen LogP contribution < -0.4 is 11.1 Å². The normalized spacial score (nSPS) is 10.7. The van der Waals surface area contributed by atoms with Crippen LogP contribution in [0.1, 0.15) is 12.6 Å². The van der Waals surface area contributed by atoms with Crippen molar-refractivity contribution in [3.05, 3.63) is 34.2 Å². The summed E-state index contributed by atoms with van der Waals surface area (Å²) < 4.78 is 15.3. The number of nitrogens with zero attached hydrogens (tertiary/aromatic N) is 2. The van der Waals surface area contributed by atoms with Gasteiger partial charge in [-0.3, -0.25) is 4.68 Å². The van der Waals surface area contributed by atoms with Gasteiger partial charge in [0.15, 0.2) is 5.82 Å². The number of aryl methyl sites for hydroxylation is 2. The highest BCUT2D eigenvalue weighted by Gasteiger charge is 2.13. The predicted molar refractivity (Wildman–Crippen MR) is 74.4 cm³/mol. The smallest absolute Gasteiger partial charge is 0.152 e. The third kappa shape index (κ3) is 2.33. The number of nitrogen functional groups attached to an aromatic ring is 1. The fourth-order valence-electron chi connectivity index (χ4n) is 1.72. The summed E-state index contributed by atoms with van der Waals surface area (Å²) in [5.74, 6) is 0.416. The van der Waals surface area contributed by atoms with Gasteiger partial charge in [-0.1, -0.05) is 6.92 Å². The van der Waals surface area contributed by atoms with Crippen LogP contribution in [0.5, 0.6) is 0 Å². The monoisotopic (exact) mass is 312 g/mol. The fraction of sp³-hybridized carbons (Fsp3) is 0.250. The van der Waals surface area contributed by atoms with Crippen molar-refractivity contribution >= 4 is 33.1 Å². The van der Waals surface area contributed by atoms with Crippen LogP contribution in [0.2, 0.25) is 0 Å². The zero-order valence-corrected chi connectivity index (χ0v) is 11.8. The van der Waals surface area contributed by atoms with Crippen molar-refractivity contribution in [3.63, 3.8) is 0 Å². The highest BCUT2D eigenvalue weighted by atomic mass is 79.9. The summed E-state index contributed by atoms with van der Waals surface area (Å²) in [6, 6.07) is 4.44. The van der Waals surface area contributed by atoms with Gasteiger partial charge in [-0.05, 0) is 40.5 Å². The molecule has 0 saturated carbocycles. The van der Waals surface area contributed by atoms with Crippen LogP contribution in [-0.4, -0.2) is 9.78 Å². The number of hydrogen-bond donors (Lipinski definition) is 2. The molecular weight excluding hydrogens is 299 g/mol. The van der Waals surface area contributed by atoms with E-state index < -0.39 is 0 Å². The first-order valence-corrected chi connectivity index (χ1v) is 6.35. The second-order valence-electron chi connectivity index (χ2n) is 3.94. The first kappa shape index (κ1) is 12.9. The number of rotatable bonds is 3. The Bertz CT molecular complexity index is 580. The minimum atomic E-state index is -0.292. The Hall–Kier alpha value is -1.56. The summed E-state index contributed by atoms with van der Waals surface area (Å²) in [6.45, 7) is 2.00. The molecule has 0 fully saturated rings. The average Bonchev–Trinajstić information content (AvgIpc) is 2.59. The van der Waals surface area contributed by atoms with E-state index in [2.05, 4.69) is 26.3 Å². The zero-order chi connectivity index (χ0) is 13.3. The molecular formula is C12H14BrFN4. The molecule has 0 aliphatic carbocycles. The maximum atomic E-state index is 13.0. The van der Waals surface area contributed by atoms with E-state index in [9.17, 15) is 4.39 Å². The number of hydrogen-bond acceptors (Lipinski definition) is 3. The molecule has 2 rings (SSSR count). The molecule has 0 aliphatic rings. The lowest BCUT2D eigenvalue weighted by Gasteiger charge is -2.09. The van der Waals surface area contributed by atoms with Gasteiger partial charge in [-0.25, -0.2) is 4.39 Å². The van der Waals surface area contributed by atoms with Crippen LogP contribution in [0.15, 0.2) is 22.7 Å². The van der Waals surface area contributed by atoms with Gasteiger partial charge in [-0.2, -0.15) is 5.10 Å². The molecule has 0 spiro atoms. The maximum absolute atomic E-state index is 13.0. The Morgan fingerprint density at radius 2 is 2.22 bits per heavy atom. The SMILES string of the molecule is CCc1nn(C)c(Nc2ccc(F)cc2Br)c1N. The number of nitrogens with one attached hydrogen (secondary N) is 1. The van der Waals surface area contributed by atoms with Crippen LogP contribution in [0.25, 0.3) is 0 Å². The van der Waals surface area contributed by atoms with Crippen LogP contribution in [0, 0.1) is 5.82 Å². The lowest BCUT2D eigenvalue weighted by atomic mass is 10.2. The topological polar surface area (TPSA) is 55.9 Å². The van der Waals surface area contributed by atoms with E-state index in [0.29, 0.717) is 16.0 Å². The second-order valence-corrected chi connectivity index (χ2v) is 4.79. The van der Waals surface area contributed by atoms with Gasteiger partial charge in [0.25, 0.3) is 0 Å². The van der Waals surface area contributed by atoms with E-state index in [4.69, 9.17) is 5.73 Å². The lowest BCUT2D eigenvalue weighted by molar-refractivity contribution is 0.627. The minimum Gasteiger partial charge on any atom is -0.394 e. The summed E-state index contributed by atoms with van der Waals surface area (Å²) in [6.07, 6.45) is 0.770. The molecule has 0 radical (unpaired) electrons. The van der Waals surface area contributed by atoms with E-state index in [-0.39, 0.29) is 5.82 Å². The number of benzene rings is 1. The maximum Gasteiger partial charge on any atom is 0.152 e. The molecule has 4 nitrogen and oxygen atoms in total. The van der Waals surface area contributed by atoms with E-state index in [0.717, 1.165) is 17.8 Å². The molecule has 2 aromatic rings. The van der Waals surface area contributed by atoms with Gasteiger partial charge in [0.2, 0.25) is 0 Å². The number of anilines is 3. The van der Waals surface area contributed by atoms with Crippen molar-refractivity contribution in [3.8, 4) is 0 Å². The van der Waals surface area contributed by atoms with Crippen LogP contribution in [0.3, 0.4) is 0 Å². The third-order valence-electron chi connectivity index (χ3n) is 2.68. The minimum absolute atomic E-state index is 0.292. The van der Waals surface area contributed by atoms with Gasteiger partial charge in [-0.15, -0.1) is 0 Å². The van der Waals surface area contributed by atoms with Crippen molar-refractivity contribution < 1.29 is 4.39 Å². The second kappa shape index (κ2) is 4.97. The molecule has 6 heteroatoms. The van der Waals surface area contributed by atoms with E-state index in [1.807, 2.05) is 14.0 Å². The molecule has 1 aromatic carbocycles. The summed E-state index contributed by atoms with van der Waals surface area (Å²) in [7, 11) is 1.81. The Morgan fingerprint density at radius 3 is 2.78 bits per heavy atom. The van der Waals surface area contributed by atoms with Gasteiger partial charge in [0.1, 0.15) is 5.82 Å². The summed E-state index contributed by atoms with van der Waals surface area (Å²) in [5, 5.41) is 7.46. The average molecular weight is 313 g/mol. The standard InChI is InChI=1S/C12H14BrFN4/c1-3-9-11(15)12(18(2)17-9)16-10-5-4-7(14)6-8(10)13/h4-6,16H,3,15H2,1-2H3. The number of aromatic nitrogens is 2. The quantitative estimate of drug-likeness (QED) is 0.915. The molecule has 1 heterocycles. The predicted octanol–water partition coefficient (Wildman–Crippen LogP) is 3.21. The largest absolute Gasteiger partial charge is 0.394 e. The fourth-order valence-corrected chi connectivity index (χ4v) is 2.17. The molecule has 0 aliphatic heterocycles. The first-order valence-electron chi connectivity index (χ1n) is 5.56.